The van der Waals surface area contributed by atoms with Crippen LogP contribution in [0.1, 0.15) is 35.1 Å². The summed E-state index contributed by atoms with van der Waals surface area (Å²) in [4.78, 5) is 0. The molecule has 0 spiro atoms. The highest BCUT2D eigenvalue weighted by molar-refractivity contribution is 5.32. The van der Waals surface area contributed by atoms with Gasteiger partial charge in [-0.15, -0.1) is 0 Å². The first kappa shape index (κ1) is 13.3. The van der Waals surface area contributed by atoms with Gasteiger partial charge in [0.2, 0.25) is 0 Å². The van der Waals surface area contributed by atoms with Crippen molar-refractivity contribution in [3.63, 3.8) is 0 Å². The van der Waals surface area contributed by atoms with Crippen molar-refractivity contribution in [3.8, 4) is 0 Å². The van der Waals surface area contributed by atoms with Crippen molar-refractivity contribution in [2.45, 2.75) is 25.4 Å². The number of rotatable bonds is 3. The quantitative estimate of drug-likeness (QED) is 0.893. The molecule has 0 amide bonds. The van der Waals surface area contributed by atoms with Crippen LogP contribution in [-0.2, 0) is 0 Å². The van der Waals surface area contributed by atoms with Gasteiger partial charge in [0.1, 0.15) is 11.6 Å². The topological polar surface area (TPSA) is 20.2 Å². The minimum absolute atomic E-state index is 0.0333. The van der Waals surface area contributed by atoms with Crippen LogP contribution < -0.4 is 0 Å². The van der Waals surface area contributed by atoms with E-state index >= 15 is 0 Å². The number of hydrogen-bond acceptors (Lipinski definition) is 1. The third-order valence-corrected chi connectivity index (χ3v) is 4.07. The SMILES string of the molecule is Cc1cc(F)c(C(O)C2CC2c2ccccc2)cc1F. The summed E-state index contributed by atoms with van der Waals surface area (Å²) in [6.07, 6.45) is -0.143. The molecule has 3 unspecified atom stereocenters. The van der Waals surface area contributed by atoms with E-state index in [0.717, 1.165) is 24.1 Å². The lowest BCUT2D eigenvalue weighted by Crippen LogP contribution is -2.06. The fourth-order valence-corrected chi connectivity index (χ4v) is 2.77. The Morgan fingerprint density at radius 3 is 2.50 bits per heavy atom. The van der Waals surface area contributed by atoms with E-state index in [1.165, 1.54) is 6.92 Å². The van der Waals surface area contributed by atoms with Crippen molar-refractivity contribution in [3.05, 3.63) is 70.8 Å². The number of hydrogen-bond donors (Lipinski definition) is 1. The summed E-state index contributed by atoms with van der Waals surface area (Å²) in [6, 6.07) is 12.1. The zero-order chi connectivity index (χ0) is 14.3. The Hall–Kier alpha value is -1.74. The van der Waals surface area contributed by atoms with E-state index in [9.17, 15) is 13.9 Å². The monoisotopic (exact) mass is 274 g/mol. The molecular weight excluding hydrogens is 258 g/mol. The average molecular weight is 274 g/mol. The third kappa shape index (κ3) is 2.34. The molecule has 0 saturated heterocycles. The van der Waals surface area contributed by atoms with Crippen molar-refractivity contribution < 1.29 is 13.9 Å². The van der Waals surface area contributed by atoms with Crippen LogP contribution in [-0.4, -0.2) is 5.11 Å². The molecule has 20 heavy (non-hydrogen) atoms. The first-order valence-corrected chi connectivity index (χ1v) is 6.76. The molecule has 1 aliphatic rings. The van der Waals surface area contributed by atoms with Crippen molar-refractivity contribution in [1.29, 1.82) is 0 Å². The summed E-state index contributed by atoms with van der Waals surface area (Å²) in [5, 5.41) is 10.3. The molecule has 0 aliphatic heterocycles. The van der Waals surface area contributed by atoms with E-state index < -0.39 is 17.7 Å². The van der Waals surface area contributed by atoms with Crippen LogP contribution in [0, 0.1) is 24.5 Å². The molecule has 0 radical (unpaired) electrons. The first-order valence-electron chi connectivity index (χ1n) is 6.76. The predicted molar refractivity (Wildman–Crippen MR) is 73.3 cm³/mol. The van der Waals surface area contributed by atoms with Gasteiger partial charge in [0, 0.05) is 5.56 Å². The predicted octanol–water partition coefficient (Wildman–Crippen LogP) is 4.11. The molecule has 1 fully saturated rings. The zero-order valence-corrected chi connectivity index (χ0v) is 11.2. The second kappa shape index (κ2) is 4.98. The third-order valence-electron chi connectivity index (χ3n) is 4.07. The maximum absolute atomic E-state index is 13.9. The Morgan fingerprint density at radius 1 is 1.10 bits per heavy atom. The van der Waals surface area contributed by atoms with Gasteiger partial charge >= 0.3 is 0 Å². The Balaban J connectivity index is 1.82. The Bertz CT molecular complexity index is 624. The lowest BCUT2D eigenvalue weighted by atomic mass is 9.99. The zero-order valence-electron chi connectivity index (χ0n) is 11.2. The van der Waals surface area contributed by atoms with Crippen molar-refractivity contribution in [2.75, 3.05) is 0 Å². The minimum atomic E-state index is -0.949. The molecular formula is C17H16F2O. The fraction of sp³-hybridized carbons (Fsp3) is 0.294. The second-order valence-corrected chi connectivity index (χ2v) is 5.48. The van der Waals surface area contributed by atoms with E-state index in [2.05, 4.69) is 0 Å². The van der Waals surface area contributed by atoms with Gasteiger partial charge in [-0.3, -0.25) is 0 Å². The van der Waals surface area contributed by atoms with Gasteiger partial charge in [0.25, 0.3) is 0 Å². The molecule has 1 aliphatic carbocycles. The summed E-state index contributed by atoms with van der Waals surface area (Å²) in [5.74, 6) is -0.809. The van der Waals surface area contributed by atoms with E-state index in [4.69, 9.17) is 0 Å². The van der Waals surface area contributed by atoms with Gasteiger partial charge < -0.3 is 5.11 Å². The Labute approximate surface area is 116 Å². The lowest BCUT2D eigenvalue weighted by Gasteiger charge is -2.13. The highest BCUT2D eigenvalue weighted by Gasteiger charge is 2.44. The largest absolute Gasteiger partial charge is 0.388 e. The van der Waals surface area contributed by atoms with Crippen LogP contribution in [0.5, 0.6) is 0 Å². The van der Waals surface area contributed by atoms with Crippen molar-refractivity contribution >= 4 is 0 Å². The smallest absolute Gasteiger partial charge is 0.129 e. The van der Waals surface area contributed by atoms with E-state index in [0.29, 0.717) is 0 Å². The molecule has 1 saturated carbocycles. The van der Waals surface area contributed by atoms with Gasteiger partial charge in [-0.2, -0.15) is 0 Å². The van der Waals surface area contributed by atoms with Crippen molar-refractivity contribution in [2.24, 2.45) is 5.92 Å². The van der Waals surface area contributed by atoms with Gasteiger partial charge in [0.05, 0.1) is 6.10 Å². The first-order chi connectivity index (χ1) is 9.58. The Kier molecular flexibility index (Phi) is 3.30. The summed E-state index contributed by atoms with van der Waals surface area (Å²) in [5.41, 5.74) is 1.47. The molecule has 3 atom stereocenters. The molecule has 3 rings (SSSR count). The van der Waals surface area contributed by atoms with E-state index in [1.807, 2.05) is 30.3 Å². The second-order valence-electron chi connectivity index (χ2n) is 5.48. The minimum Gasteiger partial charge on any atom is -0.388 e. The number of aliphatic hydroxyl groups excluding tert-OH is 1. The molecule has 104 valence electrons. The van der Waals surface area contributed by atoms with Gasteiger partial charge in [-0.1, -0.05) is 30.3 Å². The van der Waals surface area contributed by atoms with Gasteiger partial charge in [0.15, 0.2) is 0 Å². The summed E-state index contributed by atoms with van der Waals surface area (Å²) in [6.45, 7) is 1.51. The van der Waals surface area contributed by atoms with Crippen LogP contribution in [0.15, 0.2) is 42.5 Å². The lowest BCUT2D eigenvalue weighted by molar-refractivity contribution is 0.146. The number of halogens is 2. The van der Waals surface area contributed by atoms with E-state index in [1.54, 1.807) is 0 Å². The molecule has 0 aromatic heterocycles. The maximum atomic E-state index is 13.9. The highest BCUT2D eigenvalue weighted by atomic mass is 19.1. The Morgan fingerprint density at radius 2 is 1.80 bits per heavy atom. The van der Waals surface area contributed by atoms with Gasteiger partial charge in [-0.05, 0) is 48.4 Å². The van der Waals surface area contributed by atoms with Gasteiger partial charge in [-0.25, -0.2) is 8.78 Å². The van der Waals surface area contributed by atoms with Crippen LogP contribution >= 0.6 is 0 Å². The van der Waals surface area contributed by atoms with Crippen LogP contribution in [0.3, 0.4) is 0 Å². The van der Waals surface area contributed by atoms with E-state index in [-0.39, 0.29) is 23.0 Å². The highest BCUT2D eigenvalue weighted by Crippen LogP contribution is 2.54. The summed E-state index contributed by atoms with van der Waals surface area (Å²) >= 11 is 0. The summed E-state index contributed by atoms with van der Waals surface area (Å²) < 4.78 is 27.4. The molecule has 0 heterocycles. The summed E-state index contributed by atoms with van der Waals surface area (Å²) in [7, 11) is 0. The molecule has 2 aromatic rings. The van der Waals surface area contributed by atoms with Crippen LogP contribution in [0.2, 0.25) is 0 Å². The van der Waals surface area contributed by atoms with Crippen LogP contribution in [0.4, 0.5) is 8.78 Å². The fourth-order valence-electron chi connectivity index (χ4n) is 2.77. The van der Waals surface area contributed by atoms with Crippen molar-refractivity contribution in [1.82, 2.24) is 0 Å². The normalized spacial score (nSPS) is 22.6. The van der Waals surface area contributed by atoms with Crippen LogP contribution in [0.25, 0.3) is 0 Å². The molecule has 3 heteroatoms. The number of benzene rings is 2. The number of aryl methyl sites for hydroxylation is 1. The molecule has 2 aromatic carbocycles. The standard InChI is InChI=1S/C17H16F2O/c1-10-7-16(19)14(9-15(10)18)17(20)13-8-12(13)11-5-3-2-4-6-11/h2-7,9,12-13,17,20H,8H2,1H3. The molecule has 0 bridgehead atoms. The molecule has 1 nitrogen and oxygen atoms in total. The molecule has 1 N–H and O–H groups in total. The average Bonchev–Trinajstić information content (AvgIpc) is 3.23. The number of aliphatic hydroxyl groups is 1. The maximum Gasteiger partial charge on any atom is 0.129 e.